The molecule has 0 aliphatic heterocycles. The minimum atomic E-state index is -0.787. The molecule has 2 aromatic rings. The van der Waals surface area contributed by atoms with Crippen LogP contribution in [-0.2, 0) is 12.8 Å². The number of hydrogen-bond donors (Lipinski definition) is 1. The lowest BCUT2D eigenvalue weighted by molar-refractivity contribution is 0.102. The predicted molar refractivity (Wildman–Crippen MR) is 80.9 cm³/mol. The number of aryl methyl sites for hydroxylation is 2. The maximum Gasteiger partial charge on any atom is 0.260 e. The van der Waals surface area contributed by atoms with Gasteiger partial charge < -0.3 is 0 Å². The van der Waals surface area contributed by atoms with E-state index in [9.17, 15) is 9.18 Å². The second-order valence-electron chi connectivity index (χ2n) is 4.65. The van der Waals surface area contributed by atoms with Crippen LogP contribution < -0.4 is 5.32 Å². The molecule has 2 heterocycles. The van der Waals surface area contributed by atoms with Crippen LogP contribution in [0.2, 0.25) is 10.3 Å². The lowest BCUT2D eigenvalue weighted by atomic mass is 10.0. The van der Waals surface area contributed by atoms with Gasteiger partial charge in [0, 0.05) is 4.88 Å². The first-order valence-corrected chi connectivity index (χ1v) is 7.93. The van der Waals surface area contributed by atoms with Gasteiger partial charge in [0.15, 0.2) is 16.1 Å². The molecule has 0 aromatic carbocycles. The largest absolute Gasteiger partial charge is 0.298 e. The number of nitrogens with zero attached hydrogens (tertiary/aromatic N) is 2. The zero-order valence-electron chi connectivity index (χ0n) is 10.8. The maximum absolute atomic E-state index is 13.4. The third kappa shape index (κ3) is 3.02. The van der Waals surface area contributed by atoms with E-state index in [0.29, 0.717) is 5.13 Å². The van der Waals surface area contributed by atoms with Crippen molar-refractivity contribution in [3.05, 3.63) is 38.3 Å². The van der Waals surface area contributed by atoms with Crippen LogP contribution in [-0.4, -0.2) is 15.9 Å². The van der Waals surface area contributed by atoms with Gasteiger partial charge >= 0.3 is 0 Å². The summed E-state index contributed by atoms with van der Waals surface area (Å²) in [6.45, 7) is 0. The Balaban J connectivity index is 1.83. The van der Waals surface area contributed by atoms with Crippen LogP contribution in [0.15, 0.2) is 6.07 Å². The number of anilines is 1. The molecule has 0 bridgehead atoms. The Kier molecular flexibility index (Phi) is 4.10. The number of rotatable bonds is 2. The van der Waals surface area contributed by atoms with Gasteiger partial charge in [0.05, 0.1) is 11.3 Å². The van der Waals surface area contributed by atoms with Crippen molar-refractivity contribution in [1.29, 1.82) is 0 Å². The van der Waals surface area contributed by atoms with Gasteiger partial charge in [0.1, 0.15) is 5.15 Å². The normalized spacial score (nSPS) is 13.9. The lowest BCUT2D eigenvalue weighted by Crippen LogP contribution is -2.13. The first-order valence-electron chi connectivity index (χ1n) is 6.36. The van der Waals surface area contributed by atoms with Crippen LogP contribution in [0, 0.1) is 5.82 Å². The molecule has 4 nitrogen and oxygen atoms in total. The summed E-state index contributed by atoms with van der Waals surface area (Å²) in [5.41, 5.74) is 0.972. The molecule has 110 valence electrons. The Hall–Kier alpha value is -1.24. The SMILES string of the molecule is O=C(Nc1nc2c(s1)CCCC2)c1cc(F)c(Cl)nc1Cl. The number of carbonyl (C=O) groups excluding carboxylic acids is 1. The number of fused-ring (bicyclic) bond motifs is 1. The summed E-state index contributed by atoms with van der Waals surface area (Å²) >= 11 is 12.8. The molecule has 1 amide bonds. The van der Waals surface area contributed by atoms with Gasteiger partial charge in [-0.3, -0.25) is 10.1 Å². The Morgan fingerprint density at radius 2 is 2.00 bits per heavy atom. The minimum absolute atomic E-state index is 0.0632. The van der Waals surface area contributed by atoms with Gasteiger partial charge in [0.25, 0.3) is 5.91 Å². The third-order valence-electron chi connectivity index (χ3n) is 3.20. The van der Waals surface area contributed by atoms with Crippen molar-refractivity contribution < 1.29 is 9.18 Å². The predicted octanol–water partition coefficient (Wildman–Crippen LogP) is 4.12. The van der Waals surface area contributed by atoms with E-state index in [2.05, 4.69) is 15.3 Å². The highest BCUT2D eigenvalue weighted by Crippen LogP contribution is 2.30. The van der Waals surface area contributed by atoms with Crippen molar-refractivity contribution in [2.24, 2.45) is 0 Å². The molecule has 1 N–H and O–H groups in total. The molecule has 21 heavy (non-hydrogen) atoms. The van der Waals surface area contributed by atoms with E-state index in [-0.39, 0.29) is 15.9 Å². The van der Waals surface area contributed by atoms with Crippen LogP contribution in [0.3, 0.4) is 0 Å². The molecule has 2 aromatic heterocycles. The molecule has 0 spiro atoms. The Labute approximate surface area is 134 Å². The Morgan fingerprint density at radius 3 is 2.76 bits per heavy atom. The van der Waals surface area contributed by atoms with Crippen molar-refractivity contribution in [1.82, 2.24) is 9.97 Å². The number of thiazole rings is 1. The summed E-state index contributed by atoms with van der Waals surface area (Å²) in [6.07, 6.45) is 4.17. The topological polar surface area (TPSA) is 54.9 Å². The Bertz CT molecular complexity index is 696. The highest BCUT2D eigenvalue weighted by Gasteiger charge is 2.19. The summed E-state index contributed by atoms with van der Waals surface area (Å²) in [4.78, 5) is 21.3. The van der Waals surface area contributed by atoms with Gasteiger partial charge in [-0.2, -0.15) is 0 Å². The summed E-state index contributed by atoms with van der Waals surface area (Å²) < 4.78 is 13.4. The number of nitrogens with one attached hydrogen (secondary N) is 1. The molecule has 0 unspecified atom stereocenters. The van der Waals surface area contributed by atoms with Crippen LogP contribution in [0.25, 0.3) is 0 Å². The number of carbonyl (C=O) groups is 1. The van der Waals surface area contributed by atoms with Crippen molar-refractivity contribution in [3.8, 4) is 0 Å². The smallest absolute Gasteiger partial charge is 0.260 e. The zero-order valence-corrected chi connectivity index (χ0v) is 13.1. The van der Waals surface area contributed by atoms with E-state index in [1.165, 1.54) is 16.2 Å². The maximum atomic E-state index is 13.4. The number of pyridine rings is 1. The number of halogens is 3. The van der Waals surface area contributed by atoms with Crippen LogP contribution in [0.4, 0.5) is 9.52 Å². The van der Waals surface area contributed by atoms with Crippen molar-refractivity contribution in [3.63, 3.8) is 0 Å². The zero-order chi connectivity index (χ0) is 15.0. The molecule has 1 aliphatic rings. The molecule has 0 atom stereocenters. The lowest BCUT2D eigenvalue weighted by Gasteiger charge is -2.06. The average molecular weight is 346 g/mol. The van der Waals surface area contributed by atoms with E-state index < -0.39 is 11.7 Å². The van der Waals surface area contributed by atoms with Gasteiger partial charge in [-0.15, -0.1) is 11.3 Å². The molecular weight excluding hydrogens is 336 g/mol. The van der Waals surface area contributed by atoms with E-state index in [1.54, 1.807) is 0 Å². The van der Waals surface area contributed by atoms with Gasteiger partial charge in [0.2, 0.25) is 0 Å². The fourth-order valence-electron chi connectivity index (χ4n) is 2.17. The first kappa shape index (κ1) is 14.7. The Morgan fingerprint density at radius 1 is 1.24 bits per heavy atom. The highest BCUT2D eigenvalue weighted by atomic mass is 35.5. The van der Waals surface area contributed by atoms with E-state index >= 15 is 0 Å². The molecule has 0 saturated heterocycles. The van der Waals surface area contributed by atoms with E-state index in [1.807, 2.05) is 0 Å². The fraction of sp³-hybridized carbons (Fsp3) is 0.308. The van der Waals surface area contributed by atoms with Crippen molar-refractivity contribution in [2.75, 3.05) is 5.32 Å². The second-order valence-corrected chi connectivity index (χ2v) is 6.45. The molecule has 1 aliphatic carbocycles. The van der Waals surface area contributed by atoms with Gasteiger partial charge in [-0.25, -0.2) is 14.4 Å². The molecular formula is C13H10Cl2FN3OS. The number of hydrogen-bond acceptors (Lipinski definition) is 4. The summed E-state index contributed by atoms with van der Waals surface area (Å²) in [5.74, 6) is -1.33. The average Bonchev–Trinajstić information content (AvgIpc) is 2.84. The van der Waals surface area contributed by atoms with Gasteiger partial charge in [-0.1, -0.05) is 23.2 Å². The monoisotopic (exact) mass is 345 g/mol. The number of aromatic nitrogens is 2. The van der Waals surface area contributed by atoms with Crippen LogP contribution in [0.1, 0.15) is 33.8 Å². The van der Waals surface area contributed by atoms with E-state index in [4.69, 9.17) is 23.2 Å². The fourth-order valence-corrected chi connectivity index (χ4v) is 3.63. The highest BCUT2D eigenvalue weighted by molar-refractivity contribution is 7.15. The van der Waals surface area contributed by atoms with Crippen molar-refractivity contribution >= 4 is 45.6 Å². The quantitative estimate of drug-likeness (QED) is 0.833. The van der Waals surface area contributed by atoms with Crippen LogP contribution in [0.5, 0.6) is 0 Å². The summed E-state index contributed by atoms with van der Waals surface area (Å²) in [6, 6.07) is 0.973. The van der Waals surface area contributed by atoms with Gasteiger partial charge in [-0.05, 0) is 31.7 Å². The first-order chi connectivity index (χ1) is 10.0. The molecule has 0 saturated carbocycles. The molecule has 0 fully saturated rings. The second kappa shape index (κ2) is 5.87. The van der Waals surface area contributed by atoms with Crippen LogP contribution >= 0.6 is 34.5 Å². The standard InChI is InChI=1S/C13H10Cl2FN3OS/c14-10-6(5-7(16)11(15)18-10)12(20)19-13-17-8-3-1-2-4-9(8)21-13/h5H,1-4H2,(H,17,19,20). The summed E-state index contributed by atoms with van der Waals surface area (Å²) in [5, 5.41) is 2.64. The van der Waals surface area contributed by atoms with Crippen molar-refractivity contribution in [2.45, 2.75) is 25.7 Å². The minimum Gasteiger partial charge on any atom is -0.298 e. The summed E-state index contributed by atoms with van der Waals surface area (Å²) in [7, 11) is 0. The molecule has 3 rings (SSSR count). The third-order valence-corrected chi connectivity index (χ3v) is 4.82. The molecule has 0 radical (unpaired) electrons. The molecule has 8 heteroatoms. The number of amides is 1. The van der Waals surface area contributed by atoms with E-state index in [0.717, 1.165) is 37.4 Å².